The van der Waals surface area contributed by atoms with Crippen LogP contribution in [0.5, 0.6) is 0 Å². The highest BCUT2D eigenvalue weighted by Gasteiger charge is 2.29. The number of rotatable bonds is 4. The topological polar surface area (TPSA) is 97.1 Å². The van der Waals surface area contributed by atoms with Gasteiger partial charge in [-0.15, -0.1) is 0 Å². The van der Waals surface area contributed by atoms with Gasteiger partial charge in [-0.05, 0) is 12.1 Å². The molecular formula is C7H9F3N4O2S. The first-order valence-electron chi connectivity index (χ1n) is 4.24. The van der Waals surface area contributed by atoms with Gasteiger partial charge in [0.2, 0.25) is 0 Å². The van der Waals surface area contributed by atoms with E-state index < -0.39 is 22.9 Å². The van der Waals surface area contributed by atoms with Crippen LogP contribution in [0, 0.1) is 0 Å². The lowest BCUT2D eigenvalue weighted by molar-refractivity contribution is -0.121. The number of nitrogens with zero attached hydrogens (tertiary/aromatic N) is 1. The van der Waals surface area contributed by atoms with Gasteiger partial charge in [-0.25, -0.2) is 4.98 Å². The molecule has 0 aliphatic heterocycles. The lowest BCUT2D eigenvalue weighted by Crippen LogP contribution is -2.37. The fourth-order valence-electron chi connectivity index (χ4n) is 0.843. The molecule has 0 fully saturated rings. The van der Waals surface area contributed by atoms with Crippen LogP contribution in [0.3, 0.4) is 0 Å². The average molecular weight is 270 g/mol. The number of pyridine rings is 1. The van der Waals surface area contributed by atoms with E-state index in [0.29, 0.717) is 0 Å². The van der Waals surface area contributed by atoms with E-state index in [0.717, 1.165) is 0 Å². The average Bonchev–Trinajstić information content (AvgIpc) is 2.18. The van der Waals surface area contributed by atoms with Gasteiger partial charge in [0, 0.05) is 6.20 Å². The largest absolute Gasteiger partial charge is 0.402 e. The maximum atomic E-state index is 11.8. The molecule has 0 unspecified atom stereocenters. The lowest BCUT2D eigenvalue weighted by Gasteiger charge is -2.11. The van der Waals surface area contributed by atoms with E-state index in [1.54, 1.807) is 4.72 Å². The van der Waals surface area contributed by atoms with E-state index in [1.807, 2.05) is 0 Å². The Balaban J connectivity index is 2.71. The molecule has 96 valence electrons. The van der Waals surface area contributed by atoms with Crippen LogP contribution in [0.2, 0.25) is 0 Å². The fourth-order valence-corrected chi connectivity index (χ4v) is 1.69. The fraction of sp³-hybridized carbons (Fsp3) is 0.286. The molecule has 6 nitrogen and oxygen atoms in total. The molecule has 10 heteroatoms. The number of nitrogens with one attached hydrogen (secondary N) is 2. The third-order valence-electron chi connectivity index (χ3n) is 1.53. The van der Waals surface area contributed by atoms with Crippen LogP contribution >= 0.6 is 0 Å². The van der Waals surface area contributed by atoms with Crippen molar-refractivity contribution in [1.82, 2.24) is 9.71 Å². The number of halogens is 3. The van der Waals surface area contributed by atoms with Crippen molar-refractivity contribution in [3.8, 4) is 0 Å². The quantitative estimate of drug-likeness (QED) is 0.741. The highest BCUT2D eigenvalue weighted by atomic mass is 32.2. The second kappa shape index (κ2) is 4.75. The monoisotopic (exact) mass is 270 g/mol. The van der Waals surface area contributed by atoms with Crippen molar-refractivity contribution < 1.29 is 21.6 Å². The minimum absolute atomic E-state index is 0.00452. The van der Waals surface area contributed by atoms with Gasteiger partial charge in [0.15, 0.2) is 5.82 Å². The smallest absolute Gasteiger partial charge is 0.396 e. The second-order valence-corrected chi connectivity index (χ2v) is 4.48. The van der Waals surface area contributed by atoms with Gasteiger partial charge < -0.3 is 5.73 Å². The second-order valence-electron chi connectivity index (χ2n) is 2.98. The number of aromatic nitrogens is 1. The van der Waals surface area contributed by atoms with Crippen molar-refractivity contribution in [1.29, 1.82) is 0 Å². The molecule has 17 heavy (non-hydrogen) atoms. The molecule has 1 rings (SSSR count). The first-order chi connectivity index (χ1) is 7.70. The van der Waals surface area contributed by atoms with Crippen LogP contribution in [0.1, 0.15) is 0 Å². The molecule has 1 aromatic rings. The molecular weight excluding hydrogens is 261 g/mol. The van der Waals surface area contributed by atoms with E-state index in [4.69, 9.17) is 5.73 Å². The summed E-state index contributed by atoms with van der Waals surface area (Å²) in [5, 5.41) is 0. The van der Waals surface area contributed by atoms with E-state index in [1.165, 1.54) is 23.1 Å². The number of hydrogen-bond acceptors (Lipinski definition) is 4. The van der Waals surface area contributed by atoms with Crippen molar-refractivity contribution in [2.24, 2.45) is 0 Å². The molecule has 1 heterocycles. The highest BCUT2D eigenvalue weighted by molar-refractivity contribution is 7.90. The Hall–Kier alpha value is -1.55. The summed E-state index contributed by atoms with van der Waals surface area (Å²) in [6.45, 7) is -1.67. The third-order valence-corrected chi connectivity index (χ3v) is 2.52. The zero-order valence-electron chi connectivity index (χ0n) is 8.32. The van der Waals surface area contributed by atoms with Crippen LogP contribution in [0.4, 0.5) is 24.7 Å². The van der Waals surface area contributed by atoms with Crippen molar-refractivity contribution in [3.63, 3.8) is 0 Å². The number of hydrogen-bond donors (Lipinski definition) is 3. The first kappa shape index (κ1) is 13.5. The standard InChI is InChI=1S/C7H9F3N4O2S/c8-7(9,10)4-13-17(15,16)14-6-5(11)2-1-3-12-6/h1-3,13H,4,11H2,(H,12,14). The van der Waals surface area contributed by atoms with Crippen molar-refractivity contribution in [2.75, 3.05) is 17.0 Å². The lowest BCUT2D eigenvalue weighted by atomic mass is 10.4. The SMILES string of the molecule is Nc1cccnc1NS(=O)(=O)NCC(F)(F)F. The number of alkyl halides is 3. The van der Waals surface area contributed by atoms with Crippen molar-refractivity contribution in [3.05, 3.63) is 18.3 Å². The highest BCUT2D eigenvalue weighted by Crippen LogP contribution is 2.15. The molecule has 0 radical (unpaired) electrons. The summed E-state index contributed by atoms with van der Waals surface area (Å²) in [5.41, 5.74) is 5.37. The Labute approximate surface area is 95.2 Å². The van der Waals surface area contributed by atoms with Crippen LogP contribution < -0.4 is 15.2 Å². The predicted molar refractivity (Wildman–Crippen MR) is 55.2 cm³/mol. The Kier molecular flexibility index (Phi) is 3.78. The zero-order chi connectivity index (χ0) is 13.1. The minimum Gasteiger partial charge on any atom is -0.396 e. The third kappa shape index (κ3) is 4.87. The van der Waals surface area contributed by atoms with Gasteiger partial charge in [-0.3, -0.25) is 4.72 Å². The van der Waals surface area contributed by atoms with E-state index in [9.17, 15) is 21.6 Å². The molecule has 0 aromatic carbocycles. The van der Waals surface area contributed by atoms with Crippen molar-refractivity contribution in [2.45, 2.75) is 6.18 Å². The Morgan fingerprint density at radius 1 is 1.41 bits per heavy atom. The summed E-state index contributed by atoms with van der Waals surface area (Å²) in [6, 6.07) is 2.81. The predicted octanol–water partition coefficient (Wildman–Crippen LogP) is 0.472. The Morgan fingerprint density at radius 2 is 2.06 bits per heavy atom. The Morgan fingerprint density at radius 3 is 2.59 bits per heavy atom. The maximum Gasteiger partial charge on any atom is 0.402 e. The summed E-state index contributed by atoms with van der Waals surface area (Å²) in [7, 11) is -4.35. The Bertz CT molecular complexity index is 488. The van der Waals surface area contributed by atoms with Crippen molar-refractivity contribution >= 4 is 21.7 Å². The van der Waals surface area contributed by atoms with Gasteiger partial charge >= 0.3 is 16.4 Å². The van der Waals surface area contributed by atoms with Crippen LogP contribution in [0.15, 0.2) is 18.3 Å². The molecule has 0 saturated heterocycles. The molecule has 0 spiro atoms. The van der Waals surface area contributed by atoms with E-state index in [-0.39, 0.29) is 11.5 Å². The molecule has 1 aromatic heterocycles. The molecule has 0 aliphatic carbocycles. The van der Waals surface area contributed by atoms with Crippen LogP contribution in [-0.2, 0) is 10.2 Å². The summed E-state index contributed by atoms with van der Waals surface area (Å²) < 4.78 is 60.9. The van der Waals surface area contributed by atoms with Gasteiger partial charge in [0.1, 0.15) is 6.54 Å². The number of anilines is 2. The number of nitrogen functional groups attached to an aromatic ring is 1. The van der Waals surface area contributed by atoms with Gasteiger partial charge in [-0.1, -0.05) is 0 Å². The minimum atomic E-state index is -4.63. The van der Waals surface area contributed by atoms with Crippen LogP contribution in [0.25, 0.3) is 0 Å². The summed E-state index contributed by atoms with van der Waals surface area (Å²) in [4.78, 5) is 3.57. The zero-order valence-corrected chi connectivity index (χ0v) is 9.14. The molecule has 0 amide bonds. The molecule has 0 atom stereocenters. The normalized spacial score (nSPS) is 12.4. The van der Waals surface area contributed by atoms with E-state index in [2.05, 4.69) is 4.98 Å². The molecule has 4 N–H and O–H groups in total. The summed E-state index contributed by atoms with van der Waals surface area (Å²) >= 11 is 0. The summed E-state index contributed by atoms with van der Waals surface area (Å²) in [5.74, 6) is -0.234. The van der Waals surface area contributed by atoms with E-state index >= 15 is 0 Å². The summed E-state index contributed by atoms with van der Waals surface area (Å²) in [6.07, 6.45) is -3.39. The van der Waals surface area contributed by atoms with Gasteiger partial charge in [-0.2, -0.15) is 26.3 Å². The van der Waals surface area contributed by atoms with Gasteiger partial charge in [0.05, 0.1) is 5.69 Å². The first-order valence-corrected chi connectivity index (χ1v) is 5.72. The maximum absolute atomic E-state index is 11.8. The molecule has 0 bridgehead atoms. The molecule has 0 aliphatic rings. The van der Waals surface area contributed by atoms with Crippen LogP contribution in [-0.4, -0.2) is 26.1 Å². The molecule has 0 saturated carbocycles. The number of nitrogens with two attached hydrogens (primary N) is 1. The van der Waals surface area contributed by atoms with Gasteiger partial charge in [0.25, 0.3) is 0 Å².